The van der Waals surface area contributed by atoms with Gasteiger partial charge in [-0.05, 0) is 12.8 Å². The highest BCUT2D eigenvalue weighted by molar-refractivity contribution is 5.84. The molecule has 20 heavy (non-hydrogen) atoms. The molecule has 1 aliphatic rings. The van der Waals surface area contributed by atoms with Crippen LogP contribution in [0.5, 0.6) is 0 Å². The van der Waals surface area contributed by atoms with E-state index in [1.54, 1.807) is 4.68 Å². The Morgan fingerprint density at radius 1 is 1.40 bits per heavy atom. The van der Waals surface area contributed by atoms with E-state index >= 15 is 0 Å². The minimum atomic E-state index is -1.09. The second kappa shape index (κ2) is 6.02. The molecule has 1 aliphatic carbocycles. The molecule has 1 heterocycles. The Morgan fingerprint density at radius 2 is 2.10 bits per heavy atom. The standard InChI is InChI=1S/C13H20N4O3/c1-8(2)12(18)14-9-5-3-4-6-11(9)17-7-10(13(19)20)15-16-17/h7-9,11H,3-6H2,1-2H3,(H,14,18)(H,19,20)/t9-,11+/m1/s1. The van der Waals surface area contributed by atoms with Gasteiger partial charge in [-0.2, -0.15) is 0 Å². The van der Waals surface area contributed by atoms with Crippen LogP contribution in [0.3, 0.4) is 0 Å². The summed E-state index contributed by atoms with van der Waals surface area (Å²) in [5.41, 5.74) is -0.0653. The minimum Gasteiger partial charge on any atom is -0.476 e. The number of aromatic carboxylic acids is 1. The summed E-state index contributed by atoms with van der Waals surface area (Å²) in [5.74, 6) is -1.14. The molecule has 1 aromatic heterocycles. The smallest absolute Gasteiger partial charge is 0.358 e. The van der Waals surface area contributed by atoms with Crippen LogP contribution >= 0.6 is 0 Å². The summed E-state index contributed by atoms with van der Waals surface area (Å²) in [6.45, 7) is 3.70. The third-order valence-electron chi connectivity index (χ3n) is 3.65. The number of nitrogens with zero attached hydrogens (tertiary/aromatic N) is 3. The van der Waals surface area contributed by atoms with Crippen LogP contribution in [0.25, 0.3) is 0 Å². The zero-order valence-corrected chi connectivity index (χ0v) is 11.7. The van der Waals surface area contributed by atoms with E-state index < -0.39 is 5.97 Å². The van der Waals surface area contributed by atoms with Gasteiger partial charge in [0.25, 0.3) is 0 Å². The highest BCUT2D eigenvalue weighted by atomic mass is 16.4. The van der Waals surface area contributed by atoms with Gasteiger partial charge in [0, 0.05) is 5.92 Å². The minimum absolute atomic E-state index is 0.0120. The van der Waals surface area contributed by atoms with Crippen LogP contribution in [0.1, 0.15) is 56.1 Å². The van der Waals surface area contributed by atoms with Gasteiger partial charge in [0.05, 0.1) is 18.3 Å². The first-order chi connectivity index (χ1) is 9.49. The molecule has 1 aromatic rings. The number of hydrogen-bond acceptors (Lipinski definition) is 4. The largest absolute Gasteiger partial charge is 0.476 e. The molecule has 0 saturated heterocycles. The van der Waals surface area contributed by atoms with Gasteiger partial charge in [-0.15, -0.1) is 5.10 Å². The Morgan fingerprint density at radius 3 is 2.70 bits per heavy atom. The Hall–Kier alpha value is -1.92. The number of rotatable bonds is 4. The second-order valence-electron chi connectivity index (χ2n) is 5.51. The first-order valence-corrected chi connectivity index (χ1v) is 6.94. The van der Waals surface area contributed by atoms with E-state index in [0.29, 0.717) is 0 Å². The van der Waals surface area contributed by atoms with Crippen molar-refractivity contribution in [3.8, 4) is 0 Å². The highest BCUT2D eigenvalue weighted by Crippen LogP contribution is 2.28. The average Bonchev–Trinajstić information content (AvgIpc) is 2.88. The molecule has 7 nitrogen and oxygen atoms in total. The maximum absolute atomic E-state index is 11.9. The number of nitrogens with one attached hydrogen (secondary N) is 1. The molecule has 0 unspecified atom stereocenters. The van der Waals surface area contributed by atoms with Gasteiger partial charge in [-0.3, -0.25) is 4.79 Å². The average molecular weight is 280 g/mol. The van der Waals surface area contributed by atoms with E-state index in [1.165, 1.54) is 6.20 Å². The number of carbonyl (C=O) groups is 2. The lowest BCUT2D eigenvalue weighted by atomic mass is 9.90. The van der Waals surface area contributed by atoms with Crippen molar-refractivity contribution in [1.82, 2.24) is 20.3 Å². The van der Waals surface area contributed by atoms with Gasteiger partial charge >= 0.3 is 5.97 Å². The number of aromatic nitrogens is 3. The predicted octanol–water partition coefficient (Wildman–Crippen LogP) is 1.23. The monoisotopic (exact) mass is 280 g/mol. The van der Waals surface area contributed by atoms with Crippen LogP contribution in [-0.2, 0) is 4.79 Å². The van der Waals surface area contributed by atoms with Gasteiger partial charge < -0.3 is 10.4 Å². The maximum Gasteiger partial charge on any atom is 0.358 e. The van der Waals surface area contributed by atoms with Gasteiger partial charge in [0.2, 0.25) is 5.91 Å². The molecule has 2 N–H and O–H groups in total. The van der Waals surface area contributed by atoms with Crippen LogP contribution in [0, 0.1) is 5.92 Å². The summed E-state index contributed by atoms with van der Waals surface area (Å²) in [6.07, 6.45) is 5.28. The van der Waals surface area contributed by atoms with Crippen molar-refractivity contribution in [2.45, 2.75) is 51.6 Å². The molecule has 0 radical (unpaired) electrons. The quantitative estimate of drug-likeness (QED) is 0.864. The van der Waals surface area contributed by atoms with Crippen LogP contribution in [-0.4, -0.2) is 38.0 Å². The summed E-state index contributed by atoms with van der Waals surface area (Å²) in [4.78, 5) is 22.7. The van der Waals surface area contributed by atoms with Crippen molar-refractivity contribution in [3.63, 3.8) is 0 Å². The van der Waals surface area contributed by atoms with Crippen molar-refractivity contribution < 1.29 is 14.7 Å². The van der Waals surface area contributed by atoms with Crippen LogP contribution < -0.4 is 5.32 Å². The molecule has 0 aliphatic heterocycles. The van der Waals surface area contributed by atoms with E-state index in [1.807, 2.05) is 13.8 Å². The van der Waals surface area contributed by atoms with Crippen LogP contribution in [0.15, 0.2) is 6.20 Å². The topological polar surface area (TPSA) is 97.1 Å². The Balaban J connectivity index is 2.13. The van der Waals surface area contributed by atoms with Crippen molar-refractivity contribution in [3.05, 3.63) is 11.9 Å². The summed E-state index contributed by atoms with van der Waals surface area (Å²) in [6, 6.07) is -0.0333. The van der Waals surface area contributed by atoms with Crippen molar-refractivity contribution in [2.75, 3.05) is 0 Å². The van der Waals surface area contributed by atoms with Crippen molar-refractivity contribution in [2.24, 2.45) is 5.92 Å². The lowest BCUT2D eigenvalue weighted by Gasteiger charge is -2.32. The van der Waals surface area contributed by atoms with E-state index in [9.17, 15) is 9.59 Å². The Kier molecular flexibility index (Phi) is 4.36. The van der Waals surface area contributed by atoms with Gasteiger partial charge in [-0.25, -0.2) is 9.48 Å². The maximum atomic E-state index is 11.9. The van der Waals surface area contributed by atoms with Gasteiger partial charge in [0.15, 0.2) is 5.69 Å². The van der Waals surface area contributed by atoms with Gasteiger partial charge in [-0.1, -0.05) is 31.9 Å². The summed E-state index contributed by atoms with van der Waals surface area (Å²) in [7, 11) is 0. The SMILES string of the molecule is CC(C)C(=O)N[C@@H]1CCCC[C@@H]1n1cc(C(=O)O)nn1. The van der Waals surface area contributed by atoms with E-state index in [4.69, 9.17) is 5.11 Å². The number of hydrogen-bond donors (Lipinski definition) is 2. The van der Waals surface area contributed by atoms with E-state index in [2.05, 4.69) is 15.6 Å². The predicted molar refractivity (Wildman–Crippen MR) is 71.3 cm³/mol. The molecule has 1 fully saturated rings. The fourth-order valence-corrected chi connectivity index (χ4v) is 2.48. The number of carbonyl (C=O) groups excluding carboxylic acids is 1. The van der Waals surface area contributed by atoms with Crippen molar-refractivity contribution in [1.29, 1.82) is 0 Å². The van der Waals surface area contributed by atoms with E-state index in [-0.39, 0.29) is 29.6 Å². The third-order valence-corrected chi connectivity index (χ3v) is 3.65. The third kappa shape index (κ3) is 3.15. The molecule has 1 saturated carbocycles. The molecular formula is C13H20N4O3. The molecule has 7 heteroatoms. The first kappa shape index (κ1) is 14.5. The molecule has 0 bridgehead atoms. The lowest BCUT2D eigenvalue weighted by molar-refractivity contribution is -0.125. The number of carboxylic acids is 1. The summed E-state index contributed by atoms with van der Waals surface area (Å²) >= 11 is 0. The second-order valence-corrected chi connectivity index (χ2v) is 5.51. The molecule has 2 rings (SSSR count). The lowest BCUT2D eigenvalue weighted by Crippen LogP contribution is -2.44. The Labute approximate surface area is 117 Å². The van der Waals surface area contributed by atoms with Crippen LogP contribution in [0.4, 0.5) is 0 Å². The highest BCUT2D eigenvalue weighted by Gasteiger charge is 2.29. The van der Waals surface area contributed by atoms with E-state index in [0.717, 1.165) is 25.7 Å². The fraction of sp³-hybridized carbons (Fsp3) is 0.692. The molecule has 0 spiro atoms. The Bertz CT molecular complexity index is 498. The molecule has 110 valence electrons. The number of carboxylic acid groups (broad SMARTS) is 1. The first-order valence-electron chi connectivity index (χ1n) is 6.94. The molecular weight excluding hydrogens is 260 g/mol. The fourth-order valence-electron chi connectivity index (χ4n) is 2.48. The molecule has 2 atom stereocenters. The van der Waals surface area contributed by atoms with Crippen molar-refractivity contribution >= 4 is 11.9 Å². The summed E-state index contributed by atoms with van der Waals surface area (Å²) < 4.78 is 1.58. The zero-order valence-electron chi connectivity index (χ0n) is 11.7. The summed E-state index contributed by atoms with van der Waals surface area (Å²) in [5, 5.41) is 19.5. The zero-order chi connectivity index (χ0) is 14.7. The molecule has 1 amide bonds. The molecule has 0 aromatic carbocycles. The number of amides is 1. The normalized spacial score (nSPS) is 22.8. The van der Waals surface area contributed by atoms with Gasteiger partial charge in [0.1, 0.15) is 0 Å². The van der Waals surface area contributed by atoms with Crippen LogP contribution in [0.2, 0.25) is 0 Å².